The fourth-order valence-electron chi connectivity index (χ4n) is 3.14. The van der Waals surface area contributed by atoms with E-state index in [0.29, 0.717) is 22.5 Å². The Bertz CT molecular complexity index is 1120. The molecule has 2 atom stereocenters. The minimum atomic E-state index is -3.64. The molecule has 1 heterocycles. The van der Waals surface area contributed by atoms with Crippen molar-refractivity contribution in [3.05, 3.63) is 47.4 Å². The lowest BCUT2D eigenvalue weighted by Crippen LogP contribution is -2.26. The van der Waals surface area contributed by atoms with Crippen LogP contribution in [-0.4, -0.2) is 59.5 Å². The minimum Gasteiger partial charge on any atom is -0.392 e. The summed E-state index contributed by atoms with van der Waals surface area (Å²) in [4.78, 5) is 20.2. The molecule has 1 amide bonds. The van der Waals surface area contributed by atoms with E-state index < -0.39 is 28.0 Å². The number of nitrogens with one attached hydrogen (secondary N) is 2. The molecule has 0 bridgehead atoms. The summed E-state index contributed by atoms with van der Waals surface area (Å²) in [5.74, 6) is -1.20. The van der Waals surface area contributed by atoms with Crippen LogP contribution in [-0.2, 0) is 14.8 Å². The number of carbonyl (C=O) groups is 1. The van der Waals surface area contributed by atoms with Gasteiger partial charge in [0.05, 0.1) is 35.8 Å². The molecule has 1 aromatic carbocycles. The molecule has 2 rings (SSSR count). The number of hydrogen-bond donors (Lipinski definition) is 4. The van der Waals surface area contributed by atoms with Crippen molar-refractivity contribution in [3.63, 3.8) is 0 Å². The molecular weight excluding hydrogens is 463 g/mol. The SMILES string of the molecule is CCS(=O)(=O)Nc1nc(-c2ccc(F)cc2)c(/C=C/[C@@H](O)C[C@@H](O)CC(=O)NC)c(C(C)C)n1. The molecule has 0 saturated heterocycles. The van der Waals surface area contributed by atoms with E-state index in [1.807, 2.05) is 13.8 Å². The first kappa shape index (κ1) is 27.4. The summed E-state index contributed by atoms with van der Waals surface area (Å²) in [5.41, 5.74) is 1.90. The molecule has 1 aromatic heterocycles. The normalized spacial score (nSPS) is 13.8. The van der Waals surface area contributed by atoms with Crippen LogP contribution >= 0.6 is 0 Å². The van der Waals surface area contributed by atoms with Gasteiger partial charge in [-0.25, -0.2) is 22.8 Å². The van der Waals surface area contributed by atoms with Crippen LogP contribution in [0, 0.1) is 5.82 Å². The first-order valence-electron chi connectivity index (χ1n) is 10.9. The highest BCUT2D eigenvalue weighted by Crippen LogP contribution is 2.31. The van der Waals surface area contributed by atoms with Gasteiger partial charge in [0, 0.05) is 24.6 Å². The molecule has 0 unspecified atom stereocenters. The molecule has 2 aromatic rings. The van der Waals surface area contributed by atoms with E-state index in [-0.39, 0.29) is 36.4 Å². The van der Waals surface area contributed by atoms with Crippen molar-refractivity contribution >= 4 is 28.0 Å². The number of halogens is 1. The van der Waals surface area contributed by atoms with Gasteiger partial charge in [-0.05, 0) is 37.1 Å². The molecule has 0 saturated carbocycles. The van der Waals surface area contributed by atoms with Crippen molar-refractivity contribution in [3.8, 4) is 11.3 Å². The quantitative estimate of drug-likeness (QED) is 0.376. The summed E-state index contributed by atoms with van der Waals surface area (Å²) in [5, 5.41) is 22.8. The van der Waals surface area contributed by atoms with Gasteiger partial charge < -0.3 is 15.5 Å². The summed E-state index contributed by atoms with van der Waals surface area (Å²) in [6, 6.07) is 5.56. The molecule has 0 aliphatic rings. The van der Waals surface area contributed by atoms with Gasteiger partial charge >= 0.3 is 0 Å². The Balaban J connectivity index is 2.52. The molecule has 0 fully saturated rings. The van der Waals surface area contributed by atoms with E-state index in [2.05, 4.69) is 20.0 Å². The van der Waals surface area contributed by atoms with Crippen molar-refractivity contribution in [1.29, 1.82) is 0 Å². The molecule has 0 spiro atoms. The second-order valence-corrected chi connectivity index (χ2v) is 10.1. The summed E-state index contributed by atoms with van der Waals surface area (Å²) in [7, 11) is -2.18. The predicted molar refractivity (Wildman–Crippen MR) is 129 cm³/mol. The van der Waals surface area contributed by atoms with Gasteiger partial charge in [-0.15, -0.1) is 0 Å². The average molecular weight is 495 g/mol. The monoisotopic (exact) mass is 494 g/mol. The van der Waals surface area contributed by atoms with Crippen molar-refractivity contribution in [2.45, 2.75) is 51.7 Å². The number of aromatic nitrogens is 2. The molecule has 34 heavy (non-hydrogen) atoms. The van der Waals surface area contributed by atoms with Crippen LogP contribution < -0.4 is 10.0 Å². The predicted octanol–water partition coefficient (Wildman–Crippen LogP) is 2.43. The highest BCUT2D eigenvalue weighted by atomic mass is 32.2. The number of rotatable bonds is 11. The summed E-state index contributed by atoms with van der Waals surface area (Å²) >= 11 is 0. The maximum absolute atomic E-state index is 13.5. The summed E-state index contributed by atoms with van der Waals surface area (Å²) in [6.07, 6.45) is 0.711. The topological polar surface area (TPSA) is 142 Å². The van der Waals surface area contributed by atoms with Crippen LogP contribution in [0.2, 0.25) is 0 Å². The number of aliphatic hydroxyl groups is 2. The van der Waals surface area contributed by atoms with E-state index in [1.165, 1.54) is 44.3 Å². The van der Waals surface area contributed by atoms with Crippen LogP contribution in [0.1, 0.15) is 50.8 Å². The smallest absolute Gasteiger partial charge is 0.237 e. The maximum atomic E-state index is 13.5. The van der Waals surface area contributed by atoms with Crippen molar-refractivity contribution in [2.75, 3.05) is 17.5 Å². The largest absolute Gasteiger partial charge is 0.392 e. The van der Waals surface area contributed by atoms with E-state index >= 15 is 0 Å². The first-order chi connectivity index (χ1) is 16.0. The van der Waals surface area contributed by atoms with Gasteiger partial charge in [0.2, 0.25) is 21.9 Å². The van der Waals surface area contributed by atoms with Crippen LogP contribution in [0.25, 0.3) is 17.3 Å². The van der Waals surface area contributed by atoms with Crippen LogP contribution in [0.5, 0.6) is 0 Å². The molecule has 4 N–H and O–H groups in total. The Hall–Kier alpha value is -2.89. The molecule has 0 radical (unpaired) electrons. The lowest BCUT2D eigenvalue weighted by atomic mass is 9.97. The molecule has 9 nitrogen and oxygen atoms in total. The Morgan fingerprint density at radius 2 is 1.82 bits per heavy atom. The highest BCUT2D eigenvalue weighted by Gasteiger charge is 2.20. The standard InChI is InChI=1S/C23H31FN4O5S/c1-5-34(32,33)28-23-26-21(14(2)3)19(22(27-23)15-6-8-16(24)9-7-15)11-10-17(29)12-18(30)13-20(31)25-4/h6-11,14,17-18,29-30H,5,12-13H2,1-4H3,(H,25,31)(H,26,27,28)/b11-10+/t17-,18-/m1/s1. The van der Waals surface area contributed by atoms with E-state index in [1.54, 1.807) is 6.08 Å². The lowest BCUT2D eigenvalue weighted by molar-refractivity contribution is -0.122. The average Bonchev–Trinajstić information content (AvgIpc) is 2.77. The number of benzene rings is 1. The number of sulfonamides is 1. The van der Waals surface area contributed by atoms with E-state index in [4.69, 9.17) is 0 Å². The van der Waals surface area contributed by atoms with Crippen molar-refractivity contribution < 1.29 is 27.8 Å². The maximum Gasteiger partial charge on any atom is 0.237 e. The third kappa shape index (κ3) is 7.86. The summed E-state index contributed by atoms with van der Waals surface area (Å²) in [6.45, 7) is 5.23. The zero-order chi connectivity index (χ0) is 25.5. The van der Waals surface area contributed by atoms with Crippen molar-refractivity contribution in [1.82, 2.24) is 15.3 Å². The number of nitrogens with zero attached hydrogens (tertiary/aromatic N) is 2. The number of hydrogen-bond acceptors (Lipinski definition) is 7. The molecule has 0 aliphatic carbocycles. The van der Waals surface area contributed by atoms with E-state index in [0.717, 1.165) is 0 Å². The molecule has 186 valence electrons. The number of amides is 1. The number of carbonyl (C=O) groups excluding carboxylic acids is 1. The van der Waals surface area contributed by atoms with Gasteiger partial charge in [0.1, 0.15) is 5.82 Å². The third-order valence-electron chi connectivity index (χ3n) is 4.96. The van der Waals surface area contributed by atoms with Crippen LogP contribution in [0.4, 0.5) is 10.3 Å². The van der Waals surface area contributed by atoms with Gasteiger partial charge in [-0.2, -0.15) is 0 Å². The fourth-order valence-corrected chi connectivity index (χ4v) is 3.65. The van der Waals surface area contributed by atoms with Gasteiger partial charge in [0.15, 0.2) is 0 Å². The zero-order valence-electron chi connectivity index (χ0n) is 19.6. The van der Waals surface area contributed by atoms with Gasteiger partial charge in [-0.1, -0.05) is 26.0 Å². The second-order valence-electron chi connectivity index (χ2n) is 8.06. The minimum absolute atomic E-state index is 0.0674. The first-order valence-corrected chi connectivity index (χ1v) is 12.5. The summed E-state index contributed by atoms with van der Waals surface area (Å²) < 4.78 is 40.1. The Labute approximate surface area is 199 Å². The zero-order valence-corrected chi connectivity index (χ0v) is 20.4. The van der Waals surface area contributed by atoms with Gasteiger partial charge in [-0.3, -0.25) is 9.52 Å². The number of aliphatic hydroxyl groups excluding tert-OH is 2. The Morgan fingerprint density at radius 3 is 2.38 bits per heavy atom. The molecule has 11 heteroatoms. The Morgan fingerprint density at radius 1 is 1.18 bits per heavy atom. The number of anilines is 1. The highest BCUT2D eigenvalue weighted by molar-refractivity contribution is 7.92. The lowest BCUT2D eigenvalue weighted by Gasteiger charge is -2.17. The van der Waals surface area contributed by atoms with Crippen LogP contribution in [0.15, 0.2) is 30.3 Å². The Kier molecular flexibility index (Phi) is 9.66. The second kappa shape index (κ2) is 12.0. The van der Waals surface area contributed by atoms with Crippen molar-refractivity contribution in [2.24, 2.45) is 0 Å². The van der Waals surface area contributed by atoms with E-state index in [9.17, 15) is 27.8 Å². The fraction of sp³-hybridized carbons (Fsp3) is 0.435. The van der Waals surface area contributed by atoms with Gasteiger partial charge in [0.25, 0.3) is 0 Å². The third-order valence-corrected chi connectivity index (χ3v) is 6.22. The molecular formula is C23H31FN4O5S. The van der Waals surface area contributed by atoms with Crippen LogP contribution in [0.3, 0.4) is 0 Å². The molecule has 0 aliphatic heterocycles.